The fourth-order valence-corrected chi connectivity index (χ4v) is 2.73. The van der Waals surface area contributed by atoms with Crippen LogP contribution in [-0.4, -0.2) is 10.0 Å². The van der Waals surface area contributed by atoms with E-state index in [4.69, 9.17) is 4.42 Å². The third kappa shape index (κ3) is 2.51. The molecule has 1 N–H and O–H groups in total. The third-order valence-electron chi connectivity index (χ3n) is 3.43. The first kappa shape index (κ1) is 15.7. The zero-order valence-corrected chi connectivity index (χ0v) is 13.4. The summed E-state index contributed by atoms with van der Waals surface area (Å²) in [6, 6.07) is 10.1. The maximum Gasteiger partial charge on any atom is 0.354 e. The second kappa shape index (κ2) is 5.79. The molecule has 1 aromatic heterocycles. The van der Waals surface area contributed by atoms with Crippen LogP contribution in [0.15, 0.2) is 50.1 Å². The number of nitro benzene ring substituents is 1. The maximum atomic E-state index is 12.1. The predicted molar refractivity (Wildman–Crippen MR) is 88.7 cm³/mol. The van der Waals surface area contributed by atoms with Crippen LogP contribution < -0.4 is 5.63 Å². The summed E-state index contributed by atoms with van der Waals surface area (Å²) in [5.74, 6) is -0.139. The van der Waals surface area contributed by atoms with Crippen LogP contribution in [0.3, 0.4) is 0 Å². The first-order valence-corrected chi connectivity index (χ1v) is 7.36. The van der Waals surface area contributed by atoms with Crippen molar-refractivity contribution in [2.45, 2.75) is 0 Å². The van der Waals surface area contributed by atoms with E-state index in [2.05, 4.69) is 15.9 Å². The van der Waals surface area contributed by atoms with Crippen molar-refractivity contribution in [1.29, 1.82) is 5.26 Å². The first-order valence-electron chi connectivity index (χ1n) is 6.56. The molecule has 0 fully saturated rings. The van der Waals surface area contributed by atoms with Crippen LogP contribution in [0.25, 0.3) is 22.1 Å². The van der Waals surface area contributed by atoms with Gasteiger partial charge in [-0.3, -0.25) is 10.1 Å². The van der Waals surface area contributed by atoms with Crippen LogP contribution in [-0.2, 0) is 0 Å². The van der Waals surface area contributed by atoms with Crippen molar-refractivity contribution < 1.29 is 14.4 Å². The molecule has 0 amide bonds. The molecule has 0 aliphatic heterocycles. The lowest BCUT2D eigenvalue weighted by molar-refractivity contribution is -0.384. The Hall–Kier alpha value is -3.18. The molecule has 3 aromatic rings. The lowest BCUT2D eigenvalue weighted by Gasteiger charge is -2.09. The predicted octanol–water partition coefficient (Wildman–Crippen LogP) is 3.71. The molecule has 7 nitrogen and oxygen atoms in total. The Morgan fingerprint density at radius 3 is 2.71 bits per heavy atom. The number of nitrogens with zero attached hydrogens (tertiary/aromatic N) is 2. The molecule has 8 heteroatoms. The number of halogens is 1. The summed E-state index contributed by atoms with van der Waals surface area (Å²) in [6.07, 6.45) is 0. The Morgan fingerprint density at radius 2 is 2.04 bits per heavy atom. The highest BCUT2D eigenvalue weighted by Crippen LogP contribution is 2.36. The number of benzene rings is 2. The minimum absolute atomic E-state index is 0.0706. The highest BCUT2D eigenvalue weighted by atomic mass is 79.9. The van der Waals surface area contributed by atoms with Crippen LogP contribution in [0, 0.1) is 21.4 Å². The van der Waals surface area contributed by atoms with Gasteiger partial charge in [-0.1, -0.05) is 12.1 Å². The van der Waals surface area contributed by atoms with Gasteiger partial charge in [0.05, 0.1) is 9.40 Å². The molecule has 0 aliphatic rings. The van der Waals surface area contributed by atoms with Crippen molar-refractivity contribution in [3.8, 4) is 22.9 Å². The van der Waals surface area contributed by atoms with Gasteiger partial charge in [-0.2, -0.15) is 5.26 Å². The average molecular weight is 387 g/mol. The molecule has 3 rings (SSSR count). The number of phenols is 1. The fraction of sp³-hybridized carbons (Fsp3) is 0. The summed E-state index contributed by atoms with van der Waals surface area (Å²) in [5.41, 5.74) is -0.699. The molecular weight excluding hydrogens is 380 g/mol. The van der Waals surface area contributed by atoms with Gasteiger partial charge in [0.2, 0.25) is 0 Å². The van der Waals surface area contributed by atoms with Gasteiger partial charge in [0.1, 0.15) is 23.0 Å². The molecule has 0 spiro atoms. The van der Waals surface area contributed by atoms with Crippen molar-refractivity contribution in [2.24, 2.45) is 0 Å². The molecule has 0 bridgehead atoms. The van der Waals surface area contributed by atoms with E-state index in [1.807, 2.05) is 0 Å². The van der Waals surface area contributed by atoms with E-state index in [1.165, 1.54) is 30.3 Å². The van der Waals surface area contributed by atoms with Gasteiger partial charge >= 0.3 is 5.63 Å². The number of hydrogen-bond acceptors (Lipinski definition) is 6. The quantitative estimate of drug-likeness (QED) is 0.407. The van der Waals surface area contributed by atoms with Crippen molar-refractivity contribution in [3.05, 3.63) is 67.0 Å². The summed E-state index contributed by atoms with van der Waals surface area (Å²) in [4.78, 5) is 22.5. The number of nitriles is 1. The van der Waals surface area contributed by atoms with Gasteiger partial charge in [-0.15, -0.1) is 0 Å². The van der Waals surface area contributed by atoms with E-state index in [0.29, 0.717) is 15.4 Å². The van der Waals surface area contributed by atoms with Crippen molar-refractivity contribution >= 4 is 32.6 Å². The summed E-state index contributed by atoms with van der Waals surface area (Å²) in [5, 5.41) is 30.4. The van der Waals surface area contributed by atoms with Crippen molar-refractivity contribution in [2.75, 3.05) is 0 Å². The number of fused-ring (bicyclic) bond motifs is 1. The fourth-order valence-electron chi connectivity index (χ4n) is 2.39. The summed E-state index contributed by atoms with van der Waals surface area (Å²) in [7, 11) is 0. The van der Waals surface area contributed by atoms with E-state index in [1.54, 1.807) is 12.1 Å². The standard InChI is InChI=1S/C16H7BrN2O5/c17-12-5-10-14(6-13(12)20)24-16(21)11(7-18)15(10)8-2-1-3-9(4-8)19(22)23/h1-6,20H. The maximum absolute atomic E-state index is 12.1. The third-order valence-corrected chi connectivity index (χ3v) is 4.07. The zero-order chi connectivity index (χ0) is 17.4. The first-order chi connectivity index (χ1) is 11.4. The van der Waals surface area contributed by atoms with E-state index in [0.717, 1.165) is 0 Å². The summed E-state index contributed by atoms with van der Waals surface area (Å²) in [6.45, 7) is 0. The highest BCUT2D eigenvalue weighted by molar-refractivity contribution is 9.10. The zero-order valence-electron chi connectivity index (χ0n) is 11.8. The Kier molecular flexibility index (Phi) is 3.79. The van der Waals surface area contributed by atoms with Crippen LogP contribution in [0.1, 0.15) is 5.56 Å². The largest absolute Gasteiger partial charge is 0.507 e. The molecule has 0 unspecified atom stereocenters. The normalized spacial score (nSPS) is 10.5. The SMILES string of the molecule is N#Cc1c(-c2cccc([N+](=O)[O-])c2)c2cc(Br)c(O)cc2oc1=O. The number of hydrogen-bond donors (Lipinski definition) is 1. The minimum atomic E-state index is -0.881. The Morgan fingerprint density at radius 1 is 1.29 bits per heavy atom. The van der Waals surface area contributed by atoms with Gasteiger partial charge in [-0.05, 0) is 27.6 Å². The molecule has 0 aliphatic carbocycles. The summed E-state index contributed by atoms with van der Waals surface area (Å²) < 4.78 is 5.40. The number of rotatable bonds is 2. The lowest BCUT2D eigenvalue weighted by Crippen LogP contribution is -2.07. The Labute approximate surface area is 142 Å². The van der Waals surface area contributed by atoms with Crippen molar-refractivity contribution in [3.63, 3.8) is 0 Å². The number of phenolic OH excluding ortho intramolecular Hbond substituents is 1. The molecule has 2 aromatic carbocycles. The highest BCUT2D eigenvalue weighted by Gasteiger charge is 2.19. The van der Waals surface area contributed by atoms with E-state index in [-0.39, 0.29) is 28.1 Å². The van der Waals surface area contributed by atoms with E-state index < -0.39 is 10.5 Å². The molecule has 0 saturated carbocycles. The van der Waals surface area contributed by atoms with Gasteiger partial charge in [-0.25, -0.2) is 4.79 Å². The Bertz CT molecular complexity index is 1100. The van der Waals surface area contributed by atoms with Crippen LogP contribution in [0.2, 0.25) is 0 Å². The number of non-ortho nitro benzene ring substituents is 1. The van der Waals surface area contributed by atoms with Crippen LogP contribution in [0.4, 0.5) is 5.69 Å². The van der Waals surface area contributed by atoms with Crippen LogP contribution >= 0.6 is 15.9 Å². The number of aromatic hydroxyl groups is 1. The molecule has 0 saturated heterocycles. The van der Waals surface area contributed by atoms with Crippen molar-refractivity contribution in [1.82, 2.24) is 0 Å². The van der Waals surface area contributed by atoms with Gasteiger partial charge in [0.25, 0.3) is 5.69 Å². The van der Waals surface area contributed by atoms with E-state index in [9.17, 15) is 25.3 Å². The summed E-state index contributed by atoms with van der Waals surface area (Å²) >= 11 is 3.16. The molecule has 24 heavy (non-hydrogen) atoms. The molecule has 0 radical (unpaired) electrons. The van der Waals surface area contributed by atoms with Gasteiger partial charge < -0.3 is 9.52 Å². The Balaban J connectivity index is 2.48. The second-order valence-corrected chi connectivity index (χ2v) is 5.71. The van der Waals surface area contributed by atoms with E-state index >= 15 is 0 Å². The second-order valence-electron chi connectivity index (χ2n) is 4.86. The minimum Gasteiger partial charge on any atom is -0.507 e. The number of nitro groups is 1. The molecule has 118 valence electrons. The topological polar surface area (TPSA) is 117 Å². The monoisotopic (exact) mass is 386 g/mol. The van der Waals surface area contributed by atoms with Crippen LogP contribution in [0.5, 0.6) is 5.75 Å². The molecule has 1 heterocycles. The van der Waals surface area contributed by atoms with Gasteiger partial charge in [0, 0.05) is 29.1 Å². The molecular formula is C16H7BrN2O5. The van der Waals surface area contributed by atoms with Gasteiger partial charge in [0.15, 0.2) is 0 Å². The average Bonchev–Trinajstić information content (AvgIpc) is 2.55. The lowest BCUT2D eigenvalue weighted by atomic mass is 9.97. The molecule has 0 atom stereocenters. The smallest absolute Gasteiger partial charge is 0.354 e.